The van der Waals surface area contributed by atoms with Crippen molar-refractivity contribution in [3.05, 3.63) is 21.9 Å². The first kappa shape index (κ1) is 14.7. The molecular formula is C14H19NO2S. The van der Waals surface area contributed by atoms with E-state index < -0.39 is 0 Å². The summed E-state index contributed by atoms with van der Waals surface area (Å²) in [7, 11) is 0. The molecule has 0 aliphatic rings. The summed E-state index contributed by atoms with van der Waals surface area (Å²) in [5.41, 5.74) is 0.690. The van der Waals surface area contributed by atoms with E-state index in [2.05, 4.69) is 31.0 Å². The fourth-order valence-corrected chi connectivity index (χ4v) is 2.28. The molecular weight excluding hydrogens is 246 g/mol. The minimum atomic E-state index is -0.189. The third-order valence-corrected chi connectivity index (χ3v) is 3.33. The van der Waals surface area contributed by atoms with Gasteiger partial charge in [-0.3, -0.25) is 4.79 Å². The van der Waals surface area contributed by atoms with Crippen LogP contribution in [0.3, 0.4) is 0 Å². The molecule has 2 N–H and O–H groups in total. The number of aliphatic hydroxyl groups is 1. The molecule has 1 heterocycles. The number of nitrogens with one attached hydrogen (secondary N) is 1. The highest BCUT2D eigenvalue weighted by molar-refractivity contribution is 7.12. The molecule has 0 aromatic carbocycles. The highest BCUT2D eigenvalue weighted by Gasteiger charge is 2.11. The Morgan fingerprint density at radius 2 is 2.33 bits per heavy atom. The van der Waals surface area contributed by atoms with E-state index in [4.69, 9.17) is 5.11 Å². The van der Waals surface area contributed by atoms with E-state index in [-0.39, 0.29) is 12.5 Å². The van der Waals surface area contributed by atoms with Gasteiger partial charge in [-0.2, -0.15) is 0 Å². The normalized spacial score (nSPS) is 10.0. The molecule has 0 radical (unpaired) electrons. The molecule has 18 heavy (non-hydrogen) atoms. The maximum atomic E-state index is 11.9. The highest BCUT2D eigenvalue weighted by atomic mass is 32.1. The van der Waals surface area contributed by atoms with Gasteiger partial charge in [0.25, 0.3) is 5.91 Å². The lowest BCUT2D eigenvalue weighted by Gasteiger charge is -2.06. The minimum Gasteiger partial charge on any atom is -0.384 e. The third-order valence-electron chi connectivity index (χ3n) is 2.42. The number of hydrogen-bond acceptors (Lipinski definition) is 3. The summed E-state index contributed by atoms with van der Waals surface area (Å²) in [6.45, 7) is 4.85. The quantitative estimate of drug-likeness (QED) is 0.634. The lowest BCUT2D eigenvalue weighted by molar-refractivity contribution is 0.0956. The molecule has 0 fully saturated rings. The van der Waals surface area contributed by atoms with Gasteiger partial charge in [-0.15, -0.1) is 11.3 Å². The molecule has 4 heteroatoms. The van der Waals surface area contributed by atoms with Crippen LogP contribution in [0.4, 0.5) is 0 Å². The van der Waals surface area contributed by atoms with Crippen molar-refractivity contribution in [3.8, 4) is 11.8 Å². The molecule has 3 nitrogen and oxygen atoms in total. The zero-order valence-corrected chi connectivity index (χ0v) is 11.6. The van der Waals surface area contributed by atoms with Crippen molar-refractivity contribution in [3.63, 3.8) is 0 Å². The highest BCUT2D eigenvalue weighted by Crippen LogP contribution is 2.15. The van der Waals surface area contributed by atoms with E-state index in [9.17, 15) is 4.79 Å². The smallest absolute Gasteiger partial charge is 0.262 e. The topological polar surface area (TPSA) is 49.3 Å². The van der Waals surface area contributed by atoms with Crippen LogP contribution < -0.4 is 5.32 Å². The van der Waals surface area contributed by atoms with Crippen molar-refractivity contribution < 1.29 is 9.90 Å². The van der Waals surface area contributed by atoms with Crippen LogP contribution in [0.2, 0.25) is 0 Å². The second-order valence-corrected chi connectivity index (χ2v) is 5.33. The van der Waals surface area contributed by atoms with Crippen molar-refractivity contribution in [1.29, 1.82) is 0 Å². The Bertz CT molecular complexity index is 440. The van der Waals surface area contributed by atoms with Gasteiger partial charge in [-0.05, 0) is 30.2 Å². The first-order valence-electron chi connectivity index (χ1n) is 6.10. The van der Waals surface area contributed by atoms with Gasteiger partial charge in [0.05, 0.1) is 0 Å². The predicted octanol–water partition coefficient (Wildman–Crippen LogP) is 2.26. The van der Waals surface area contributed by atoms with E-state index in [0.29, 0.717) is 22.9 Å². The number of thiophene rings is 1. The Labute approximate surface area is 112 Å². The van der Waals surface area contributed by atoms with Gasteiger partial charge in [-0.1, -0.05) is 25.7 Å². The molecule has 0 saturated heterocycles. The average Bonchev–Trinajstić information content (AvgIpc) is 2.79. The first-order valence-corrected chi connectivity index (χ1v) is 6.98. The van der Waals surface area contributed by atoms with Crippen LogP contribution in [-0.2, 0) is 0 Å². The fourth-order valence-electron chi connectivity index (χ4n) is 1.51. The summed E-state index contributed by atoms with van der Waals surface area (Å²) < 4.78 is 0. The Kier molecular flexibility index (Phi) is 6.48. The van der Waals surface area contributed by atoms with Crippen LogP contribution in [0.25, 0.3) is 0 Å². The molecule has 1 aromatic rings. The van der Waals surface area contributed by atoms with Crippen LogP contribution in [-0.4, -0.2) is 24.2 Å². The van der Waals surface area contributed by atoms with Gasteiger partial charge >= 0.3 is 0 Å². The van der Waals surface area contributed by atoms with Gasteiger partial charge in [0, 0.05) is 12.1 Å². The number of carbonyl (C=O) groups is 1. The van der Waals surface area contributed by atoms with E-state index in [1.807, 2.05) is 5.38 Å². The number of amides is 1. The summed E-state index contributed by atoms with van der Waals surface area (Å²) in [5.74, 6) is 5.93. The molecule has 0 unspecified atom stereocenters. The molecule has 1 rings (SSSR count). The van der Waals surface area contributed by atoms with Crippen LogP contribution in [0, 0.1) is 17.8 Å². The molecule has 0 aliphatic heterocycles. The van der Waals surface area contributed by atoms with Crippen molar-refractivity contribution in [2.45, 2.75) is 26.7 Å². The molecule has 0 atom stereocenters. The second-order valence-electron chi connectivity index (χ2n) is 4.42. The van der Waals surface area contributed by atoms with Gasteiger partial charge in [0.15, 0.2) is 0 Å². The number of carbonyl (C=O) groups excluding carboxylic acids is 1. The third kappa shape index (κ3) is 4.91. The van der Waals surface area contributed by atoms with Crippen LogP contribution in [0.15, 0.2) is 11.4 Å². The zero-order valence-electron chi connectivity index (χ0n) is 10.8. The molecule has 1 aromatic heterocycles. The Balaban J connectivity index is 2.49. The van der Waals surface area contributed by atoms with Gasteiger partial charge in [-0.25, -0.2) is 0 Å². The summed E-state index contributed by atoms with van der Waals surface area (Å²) >= 11 is 1.38. The van der Waals surface area contributed by atoms with Crippen molar-refractivity contribution in [1.82, 2.24) is 5.32 Å². The average molecular weight is 265 g/mol. The lowest BCUT2D eigenvalue weighted by atomic mass is 10.1. The van der Waals surface area contributed by atoms with Crippen LogP contribution in [0.5, 0.6) is 0 Å². The summed E-state index contributed by atoms with van der Waals surface area (Å²) in [6.07, 6.45) is 2.11. The van der Waals surface area contributed by atoms with Crippen molar-refractivity contribution in [2.75, 3.05) is 13.2 Å². The molecule has 0 saturated carbocycles. The lowest BCUT2D eigenvalue weighted by Crippen LogP contribution is -2.24. The largest absolute Gasteiger partial charge is 0.384 e. The number of rotatable bonds is 5. The van der Waals surface area contributed by atoms with Gasteiger partial charge < -0.3 is 10.4 Å². The van der Waals surface area contributed by atoms with E-state index in [1.165, 1.54) is 11.3 Å². The molecule has 0 bridgehead atoms. The maximum Gasteiger partial charge on any atom is 0.262 e. The second kappa shape index (κ2) is 7.91. The molecule has 98 valence electrons. The summed E-state index contributed by atoms with van der Waals surface area (Å²) in [4.78, 5) is 12.5. The minimum absolute atomic E-state index is 0.0732. The van der Waals surface area contributed by atoms with E-state index in [1.54, 1.807) is 6.07 Å². The standard InChI is InChI=1S/C14H19NO2S/c1-11(2)5-3-8-15-14(17)13-12(6-4-9-16)7-10-18-13/h7,10-11,16H,3,5,8-9H2,1-2H3,(H,15,17). The number of hydrogen-bond donors (Lipinski definition) is 2. The zero-order chi connectivity index (χ0) is 13.4. The molecule has 0 spiro atoms. The Morgan fingerprint density at radius 1 is 1.56 bits per heavy atom. The van der Waals surface area contributed by atoms with Crippen LogP contribution >= 0.6 is 11.3 Å². The number of aliphatic hydroxyl groups excluding tert-OH is 1. The van der Waals surface area contributed by atoms with Gasteiger partial charge in [0.1, 0.15) is 11.5 Å². The SMILES string of the molecule is CC(C)CCCNC(=O)c1sccc1C#CCO. The molecule has 1 amide bonds. The van der Waals surface area contributed by atoms with Crippen molar-refractivity contribution in [2.24, 2.45) is 5.92 Å². The van der Waals surface area contributed by atoms with E-state index >= 15 is 0 Å². The monoisotopic (exact) mass is 265 g/mol. The Hall–Kier alpha value is -1.31. The maximum absolute atomic E-state index is 11.9. The fraction of sp³-hybridized carbons (Fsp3) is 0.500. The molecule has 0 aliphatic carbocycles. The van der Waals surface area contributed by atoms with Crippen LogP contribution in [0.1, 0.15) is 41.9 Å². The summed E-state index contributed by atoms with van der Waals surface area (Å²) in [5, 5.41) is 13.4. The van der Waals surface area contributed by atoms with Crippen molar-refractivity contribution >= 4 is 17.2 Å². The van der Waals surface area contributed by atoms with Gasteiger partial charge in [0.2, 0.25) is 0 Å². The first-order chi connectivity index (χ1) is 8.65. The van der Waals surface area contributed by atoms with E-state index in [0.717, 1.165) is 12.8 Å². The Morgan fingerprint density at radius 3 is 3.00 bits per heavy atom. The predicted molar refractivity (Wildman–Crippen MR) is 74.7 cm³/mol. The summed E-state index contributed by atoms with van der Waals surface area (Å²) in [6, 6.07) is 1.80.